The summed E-state index contributed by atoms with van der Waals surface area (Å²) in [6.45, 7) is 4.55. The zero-order chi connectivity index (χ0) is 10.7. The minimum absolute atomic E-state index is 0.394. The van der Waals surface area contributed by atoms with Crippen LogP contribution in [0.3, 0.4) is 0 Å². The summed E-state index contributed by atoms with van der Waals surface area (Å²) in [6.07, 6.45) is 8.88. The van der Waals surface area contributed by atoms with E-state index in [0.717, 1.165) is 18.2 Å². The molecule has 3 nitrogen and oxygen atoms in total. The van der Waals surface area contributed by atoms with Crippen molar-refractivity contribution < 1.29 is 0 Å². The van der Waals surface area contributed by atoms with Crippen molar-refractivity contribution in [3.63, 3.8) is 0 Å². The van der Waals surface area contributed by atoms with Crippen LogP contribution in [0.5, 0.6) is 0 Å². The molecule has 3 atom stereocenters. The van der Waals surface area contributed by atoms with E-state index >= 15 is 0 Å². The molecule has 2 N–H and O–H groups in total. The molecule has 0 bridgehead atoms. The van der Waals surface area contributed by atoms with Gasteiger partial charge < -0.3 is 10.3 Å². The molecule has 1 aliphatic rings. The molecule has 1 aliphatic carbocycles. The van der Waals surface area contributed by atoms with Crippen molar-refractivity contribution in [3.8, 4) is 0 Å². The van der Waals surface area contributed by atoms with Gasteiger partial charge in [0, 0.05) is 18.4 Å². The van der Waals surface area contributed by atoms with E-state index < -0.39 is 0 Å². The van der Waals surface area contributed by atoms with E-state index in [4.69, 9.17) is 0 Å². The Bertz CT molecular complexity index is 281. The molecule has 1 fully saturated rings. The van der Waals surface area contributed by atoms with Crippen LogP contribution in [0.15, 0.2) is 12.4 Å². The highest BCUT2D eigenvalue weighted by Gasteiger charge is 2.26. The monoisotopic (exact) mass is 207 g/mol. The van der Waals surface area contributed by atoms with Gasteiger partial charge in [-0.05, 0) is 25.2 Å². The fourth-order valence-electron chi connectivity index (χ4n) is 2.51. The Morgan fingerprint density at radius 2 is 2.47 bits per heavy atom. The predicted octanol–water partition coefficient (Wildman–Crippen LogP) is 2.64. The molecule has 0 spiro atoms. The fraction of sp³-hybridized carbons (Fsp3) is 0.750. The van der Waals surface area contributed by atoms with Crippen LogP contribution in [0.1, 0.15) is 51.4 Å². The van der Waals surface area contributed by atoms with E-state index in [2.05, 4.69) is 29.1 Å². The number of nitrogens with one attached hydrogen (secondary N) is 2. The maximum atomic E-state index is 4.34. The van der Waals surface area contributed by atoms with Gasteiger partial charge >= 0.3 is 0 Å². The van der Waals surface area contributed by atoms with Gasteiger partial charge in [-0.3, -0.25) is 0 Å². The number of hydrogen-bond acceptors (Lipinski definition) is 2. The summed E-state index contributed by atoms with van der Waals surface area (Å²) in [5, 5.41) is 3.72. The summed E-state index contributed by atoms with van der Waals surface area (Å²) in [5.74, 6) is 1.89. The van der Waals surface area contributed by atoms with Crippen LogP contribution in [0, 0.1) is 5.92 Å². The summed E-state index contributed by atoms with van der Waals surface area (Å²) in [7, 11) is 0. The van der Waals surface area contributed by atoms with E-state index in [1.807, 2.05) is 12.4 Å². The predicted molar refractivity (Wildman–Crippen MR) is 61.6 cm³/mol. The Morgan fingerprint density at radius 1 is 1.60 bits per heavy atom. The standard InChI is InChI=1S/C12H21N3/c1-3-10(12-13-7-8-14-12)15-11-6-4-5-9(11)2/h7-11,15H,3-6H2,1-2H3,(H,13,14). The highest BCUT2D eigenvalue weighted by molar-refractivity contribution is 4.97. The van der Waals surface area contributed by atoms with Crippen LogP contribution in [-0.2, 0) is 0 Å². The van der Waals surface area contributed by atoms with Crippen LogP contribution in [0.2, 0.25) is 0 Å². The topological polar surface area (TPSA) is 40.7 Å². The lowest BCUT2D eigenvalue weighted by atomic mass is 10.0. The molecule has 0 radical (unpaired) electrons. The molecule has 1 saturated carbocycles. The normalized spacial score (nSPS) is 28.1. The summed E-state index contributed by atoms with van der Waals surface area (Å²) < 4.78 is 0. The summed E-state index contributed by atoms with van der Waals surface area (Å²) in [4.78, 5) is 7.54. The SMILES string of the molecule is CCC(NC1CCCC1C)c1ncc[nH]1. The molecule has 0 amide bonds. The second-order valence-electron chi connectivity index (χ2n) is 4.62. The zero-order valence-electron chi connectivity index (χ0n) is 9.66. The van der Waals surface area contributed by atoms with Crippen molar-refractivity contribution in [2.75, 3.05) is 0 Å². The maximum Gasteiger partial charge on any atom is 0.123 e. The van der Waals surface area contributed by atoms with Crippen LogP contribution in [0.25, 0.3) is 0 Å². The minimum atomic E-state index is 0.394. The summed E-state index contributed by atoms with van der Waals surface area (Å²) in [6, 6.07) is 1.07. The van der Waals surface area contributed by atoms with Crippen LogP contribution in [0.4, 0.5) is 0 Å². The molecule has 84 valence electrons. The number of aromatic nitrogens is 2. The van der Waals surface area contributed by atoms with Gasteiger partial charge in [-0.15, -0.1) is 0 Å². The van der Waals surface area contributed by atoms with Crippen molar-refractivity contribution in [2.45, 2.75) is 51.6 Å². The second-order valence-corrected chi connectivity index (χ2v) is 4.62. The third-order valence-corrected chi connectivity index (χ3v) is 3.53. The number of nitrogens with zero attached hydrogens (tertiary/aromatic N) is 1. The van der Waals surface area contributed by atoms with E-state index in [1.54, 1.807) is 0 Å². The van der Waals surface area contributed by atoms with Gasteiger partial charge in [0.05, 0.1) is 6.04 Å². The Hall–Kier alpha value is -0.830. The van der Waals surface area contributed by atoms with Gasteiger partial charge in [0.2, 0.25) is 0 Å². The molecular formula is C12H21N3. The lowest BCUT2D eigenvalue weighted by Crippen LogP contribution is -2.34. The third kappa shape index (κ3) is 2.40. The fourth-order valence-corrected chi connectivity index (χ4v) is 2.51. The molecule has 1 aromatic heterocycles. The third-order valence-electron chi connectivity index (χ3n) is 3.53. The number of hydrogen-bond donors (Lipinski definition) is 2. The van der Waals surface area contributed by atoms with E-state index in [9.17, 15) is 0 Å². The Labute approximate surface area is 91.7 Å². The quantitative estimate of drug-likeness (QED) is 0.797. The van der Waals surface area contributed by atoms with Gasteiger partial charge in [0.15, 0.2) is 0 Å². The van der Waals surface area contributed by atoms with Gasteiger partial charge in [0.25, 0.3) is 0 Å². The molecule has 3 unspecified atom stereocenters. The Morgan fingerprint density at radius 3 is 3.00 bits per heavy atom. The lowest BCUT2D eigenvalue weighted by Gasteiger charge is -2.23. The molecule has 3 heteroatoms. The number of H-pyrrole nitrogens is 1. The molecule has 0 aromatic carbocycles. The minimum Gasteiger partial charge on any atom is -0.347 e. The first-order valence-corrected chi connectivity index (χ1v) is 6.06. The van der Waals surface area contributed by atoms with Crippen LogP contribution in [-0.4, -0.2) is 16.0 Å². The van der Waals surface area contributed by atoms with Crippen LogP contribution < -0.4 is 5.32 Å². The van der Waals surface area contributed by atoms with Crippen molar-refractivity contribution in [1.29, 1.82) is 0 Å². The summed E-state index contributed by atoms with van der Waals surface area (Å²) in [5.41, 5.74) is 0. The van der Waals surface area contributed by atoms with Gasteiger partial charge in [-0.25, -0.2) is 4.98 Å². The Balaban J connectivity index is 1.96. The van der Waals surface area contributed by atoms with Crippen LogP contribution >= 0.6 is 0 Å². The van der Waals surface area contributed by atoms with Crippen molar-refractivity contribution >= 4 is 0 Å². The zero-order valence-corrected chi connectivity index (χ0v) is 9.66. The average molecular weight is 207 g/mol. The lowest BCUT2D eigenvalue weighted by molar-refractivity contribution is 0.362. The molecule has 0 saturated heterocycles. The van der Waals surface area contributed by atoms with Gasteiger partial charge in [-0.2, -0.15) is 0 Å². The van der Waals surface area contributed by atoms with Crippen molar-refractivity contribution in [3.05, 3.63) is 18.2 Å². The maximum absolute atomic E-state index is 4.34. The van der Waals surface area contributed by atoms with Crippen molar-refractivity contribution in [2.24, 2.45) is 5.92 Å². The molecule has 1 heterocycles. The first-order chi connectivity index (χ1) is 7.31. The highest BCUT2D eigenvalue weighted by atomic mass is 15.0. The number of aromatic amines is 1. The van der Waals surface area contributed by atoms with Gasteiger partial charge in [-0.1, -0.05) is 20.3 Å². The largest absolute Gasteiger partial charge is 0.347 e. The van der Waals surface area contributed by atoms with E-state index in [1.165, 1.54) is 19.3 Å². The van der Waals surface area contributed by atoms with Gasteiger partial charge in [0.1, 0.15) is 5.82 Å². The smallest absolute Gasteiger partial charge is 0.123 e. The molecule has 2 rings (SSSR count). The number of rotatable bonds is 4. The Kier molecular flexibility index (Phi) is 3.41. The molecule has 1 aromatic rings. The molecular weight excluding hydrogens is 186 g/mol. The van der Waals surface area contributed by atoms with E-state index in [0.29, 0.717) is 12.1 Å². The first kappa shape index (κ1) is 10.7. The number of imidazole rings is 1. The summed E-state index contributed by atoms with van der Waals surface area (Å²) >= 11 is 0. The average Bonchev–Trinajstić information content (AvgIpc) is 2.86. The van der Waals surface area contributed by atoms with Crippen molar-refractivity contribution in [1.82, 2.24) is 15.3 Å². The van der Waals surface area contributed by atoms with E-state index in [-0.39, 0.29) is 0 Å². The second kappa shape index (κ2) is 4.79. The first-order valence-electron chi connectivity index (χ1n) is 6.06. The highest BCUT2D eigenvalue weighted by Crippen LogP contribution is 2.27. The molecule has 0 aliphatic heterocycles. The molecule has 15 heavy (non-hydrogen) atoms.